The average molecular weight is 399 g/mol. The van der Waals surface area contributed by atoms with Crippen molar-refractivity contribution in [3.05, 3.63) is 58.8 Å². The summed E-state index contributed by atoms with van der Waals surface area (Å²) in [7, 11) is -3.47. The van der Waals surface area contributed by atoms with Gasteiger partial charge in [0.05, 0.1) is 4.90 Å². The highest BCUT2D eigenvalue weighted by Crippen LogP contribution is 2.22. The molecule has 2 aromatic rings. The highest BCUT2D eigenvalue weighted by atomic mass is 79.9. The highest BCUT2D eigenvalue weighted by Gasteiger charge is 2.28. The van der Waals surface area contributed by atoms with Gasteiger partial charge in [0.25, 0.3) is 0 Å². The quantitative estimate of drug-likeness (QED) is 0.797. The summed E-state index contributed by atoms with van der Waals surface area (Å²) in [6.45, 7) is 1.99. The predicted molar refractivity (Wildman–Crippen MR) is 91.5 cm³/mol. The van der Waals surface area contributed by atoms with Crippen molar-refractivity contribution in [2.24, 2.45) is 0 Å². The van der Waals surface area contributed by atoms with Crippen molar-refractivity contribution in [1.82, 2.24) is 4.31 Å². The van der Waals surface area contributed by atoms with Crippen LogP contribution in [0.25, 0.3) is 0 Å². The first kappa shape index (κ1) is 16.4. The zero-order valence-electron chi connectivity index (χ0n) is 12.3. The number of anilines is 1. The molecule has 4 nitrogen and oxygen atoms in total. The lowest BCUT2D eigenvalue weighted by Gasteiger charge is -2.35. The molecule has 0 N–H and O–H groups in total. The molecule has 0 aromatic heterocycles. The molecule has 0 spiro atoms. The van der Waals surface area contributed by atoms with Gasteiger partial charge in [0.1, 0.15) is 5.82 Å². The molecule has 1 saturated heterocycles. The normalized spacial score (nSPS) is 16.5. The third-order valence-electron chi connectivity index (χ3n) is 3.88. The molecule has 3 rings (SSSR count). The summed E-state index contributed by atoms with van der Waals surface area (Å²) in [5, 5.41) is 0. The lowest BCUT2D eigenvalue weighted by Crippen LogP contribution is -2.48. The topological polar surface area (TPSA) is 40.6 Å². The molecule has 0 radical (unpaired) electrons. The summed E-state index contributed by atoms with van der Waals surface area (Å²) in [5.41, 5.74) is 0.909. The molecule has 0 aliphatic carbocycles. The number of benzene rings is 2. The van der Waals surface area contributed by atoms with Gasteiger partial charge in [-0.3, -0.25) is 0 Å². The fourth-order valence-electron chi connectivity index (χ4n) is 2.59. The van der Waals surface area contributed by atoms with Gasteiger partial charge in [-0.15, -0.1) is 0 Å². The van der Waals surface area contributed by atoms with Crippen LogP contribution >= 0.6 is 15.9 Å². The van der Waals surface area contributed by atoms with Crippen LogP contribution in [0.3, 0.4) is 0 Å². The number of hydrogen-bond donors (Lipinski definition) is 0. The van der Waals surface area contributed by atoms with E-state index in [-0.39, 0.29) is 5.82 Å². The second-order valence-electron chi connectivity index (χ2n) is 5.32. The summed E-state index contributed by atoms with van der Waals surface area (Å²) in [5.74, 6) is -0.273. The molecular formula is C16H16BrFN2O2S. The van der Waals surface area contributed by atoms with Crippen LogP contribution in [0.15, 0.2) is 57.9 Å². The molecule has 0 amide bonds. The van der Waals surface area contributed by atoms with E-state index < -0.39 is 10.0 Å². The Hall–Kier alpha value is -1.44. The zero-order valence-corrected chi connectivity index (χ0v) is 14.7. The van der Waals surface area contributed by atoms with E-state index in [0.29, 0.717) is 31.1 Å². The van der Waals surface area contributed by atoms with Gasteiger partial charge in [0, 0.05) is 36.3 Å². The molecule has 2 aromatic carbocycles. The first-order chi connectivity index (χ1) is 11.0. The fraction of sp³-hybridized carbons (Fsp3) is 0.250. The van der Waals surface area contributed by atoms with E-state index in [1.54, 1.807) is 36.4 Å². The molecule has 23 heavy (non-hydrogen) atoms. The van der Waals surface area contributed by atoms with Gasteiger partial charge < -0.3 is 4.90 Å². The fourth-order valence-corrected chi connectivity index (χ4v) is 4.28. The van der Waals surface area contributed by atoms with Crippen LogP contribution in [-0.2, 0) is 10.0 Å². The number of hydrogen-bond acceptors (Lipinski definition) is 3. The van der Waals surface area contributed by atoms with Gasteiger partial charge in [-0.2, -0.15) is 4.31 Å². The standard InChI is InChI=1S/C16H16BrFN2O2S/c17-13-1-7-16(8-2-13)23(21,22)20-11-9-19(10-12-20)15-5-3-14(18)4-6-15/h1-8H,9-12H2. The minimum atomic E-state index is -3.47. The maximum absolute atomic E-state index is 13.0. The smallest absolute Gasteiger partial charge is 0.243 e. The summed E-state index contributed by atoms with van der Waals surface area (Å²) in [4.78, 5) is 2.36. The van der Waals surface area contributed by atoms with Crippen molar-refractivity contribution in [2.75, 3.05) is 31.1 Å². The van der Waals surface area contributed by atoms with Crippen molar-refractivity contribution in [3.8, 4) is 0 Å². The predicted octanol–water partition coefficient (Wildman–Crippen LogP) is 3.10. The van der Waals surface area contributed by atoms with Gasteiger partial charge in [-0.1, -0.05) is 15.9 Å². The van der Waals surface area contributed by atoms with Crippen molar-refractivity contribution in [3.63, 3.8) is 0 Å². The maximum atomic E-state index is 13.0. The van der Waals surface area contributed by atoms with Crippen molar-refractivity contribution in [1.29, 1.82) is 0 Å². The molecule has 7 heteroatoms. The SMILES string of the molecule is O=S(=O)(c1ccc(Br)cc1)N1CCN(c2ccc(F)cc2)CC1. The van der Waals surface area contributed by atoms with Gasteiger partial charge in [-0.25, -0.2) is 12.8 Å². The molecule has 1 aliphatic heterocycles. The van der Waals surface area contributed by atoms with Crippen LogP contribution in [0, 0.1) is 5.82 Å². The number of piperazine rings is 1. The van der Waals surface area contributed by atoms with Gasteiger partial charge >= 0.3 is 0 Å². The van der Waals surface area contributed by atoms with E-state index >= 15 is 0 Å². The van der Waals surface area contributed by atoms with Crippen LogP contribution in [0.4, 0.5) is 10.1 Å². The zero-order chi connectivity index (χ0) is 16.4. The molecule has 1 aliphatic rings. The van der Waals surface area contributed by atoms with Gasteiger partial charge in [-0.05, 0) is 48.5 Å². The molecule has 0 unspecified atom stereocenters. The molecular weight excluding hydrogens is 383 g/mol. The van der Waals surface area contributed by atoms with E-state index in [9.17, 15) is 12.8 Å². The van der Waals surface area contributed by atoms with Crippen molar-refractivity contribution < 1.29 is 12.8 Å². The van der Waals surface area contributed by atoms with Crippen LogP contribution in [0.1, 0.15) is 0 Å². The Morgan fingerprint density at radius 3 is 2.00 bits per heavy atom. The molecule has 0 saturated carbocycles. The van der Waals surface area contributed by atoms with Crippen molar-refractivity contribution >= 4 is 31.6 Å². The molecule has 1 fully saturated rings. The Labute approximate surface area is 143 Å². The third-order valence-corrected chi connectivity index (χ3v) is 6.32. The number of nitrogens with zero attached hydrogens (tertiary/aromatic N) is 2. The third kappa shape index (κ3) is 3.57. The van der Waals surface area contributed by atoms with Gasteiger partial charge in [0.2, 0.25) is 10.0 Å². The van der Waals surface area contributed by atoms with E-state index in [1.807, 2.05) is 0 Å². The van der Waals surface area contributed by atoms with Crippen LogP contribution in [0.5, 0.6) is 0 Å². The largest absolute Gasteiger partial charge is 0.369 e. The Morgan fingerprint density at radius 1 is 0.870 bits per heavy atom. The second kappa shape index (κ2) is 6.59. The first-order valence-electron chi connectivity index (χ1n) is 7.23. The summed E-state index contributed by atoms with van der Waals surface area (Å²) in [6, 6.07) is 12.9. The van der Waals surface area contributed by atoms with Crippen LogP contribution in [-0.4, -0.2) is 38.9 Å². The first-order valence-corrected chi connectivity index (χ1v) is 9.46. The second-order valence-corrected chi connectivity index (χ2v) is 8.18. The highest BCUT2D eigenvalue weighted by molar-refractivity contribution is 9.10. The molecule has 0 bridgehead atoms. The van der Waals surface area contributed by atoms with E-state index in [1.165, 1.54) is 16.4 Å². The summed E-state index contributed by atoms with van der Waals surface area (Å²) >= 11 is 3.31. The molecule has 1 heterocycles. The maximum Gasteiger partial charge on any atom is 0.243 e. The Morgan fingerprint density at radius 2 is 1.43 bits per heavy atom. The Bertz CT molecular complexity index is 771. The number of sulfonamides is 1. The van der Waals surface area contributed by atoms with Crippen molar-refractivity contribution in [2.45, 2.75) is 4.90 Å². The Kier molecular flexibility index (Phi) is 4.70. The average Bonchev–Trinajstić information content (AvgIpc) is 2.56. The van der Waals surface area contributed by atoms with E-state index in [0.717, 1.165) is 10.2 Å². The monoisotopic (exact) mass is 398 g/mol. The number of rotatable bonds is 3. The van der Waals surface area contributed by atoms with E-state index in [2.05, 4.69) is 20.8 Å². The van der Waals surface area contributed by atoms with E-state index in [4.69, 9.17) is 0 Å². The Balaban J connectivity index is 1.70. The van der Waals surface area contributed by atoms with Gasteiger partial charge in [0.15, 0.2) is 0 Å². The van der Waals surface area contributed by atoms with Crippen LogP contribution < -0.4 is 4.90 Å². The lowest BCUT2D eigenvalue weighted by atomic mass is 10.2. The summed E-state index contributed by atoms with van der Waals surface area (Å²) in [6.07, 6.45) is 0. The lowest BCUT2D eigenvalue weighted by molar-refractivity contribution is 0.385. The summed E-state index contributed by atoms with van der Waals surface area (Å²) < 4.78 is 40.6. The minimum Gasteiger partial charge on any atom is -0.369 e. The number of halogens is 2. The minimum absolute atomic E-state index is 0.273. The molecule has 122 valence electrons. The van der Waals surface area contributed by atoms with Crippen LogP contribution in [0.2, 0.25) is 0 Å². The molecule has 0 atom stereocenters.